The van der Waals surface area contributed by atoms with E-state index in [9.17, 15) is 19.8 Å². The van der Waals surface area contributed by atoms with E-state index in [2.05, 4.69) is 10.2 Å². The summed E-state index contributed by atoms with van der Waals surface area (Å²) in [5, 5.41) is 27.9. The molecular weight excluding hydrogens is 382 g/mol. The Bertz CT molecular complexity index is 926. The summed E-state index contributed by atoms with van der Waals surface area (Å²) >= 11 is 1.00. The van der Waals surface area contributed by atoms with Crippen molar-refractivity contribution in [1.82, 2.24) is 0 Å². The summed E-state index contributed by atoms with van der Waals surface area (Å²) < 4.78 is 5.09. The lowest BCUT2D eigenvalue weighted by molar-refractivity contribution is -0.305. The normalized spacial score (nSPS) is 18.2. The molecule has 0 unspecified atom stereocenters. The molecule has 8 nitrogen and oxygen atoms in total. The van der Waals surface area contributed by atoms with Crippen molar-refractivity contribution in [2.24, 2.45) is 10.2 Å². The van der Waals surface area contributed by atoms with Gasteiger partial charge in [0.25, 0.3) is 0 Å². The minimum atomic E-state index is -1.32. The maximum atomic E-state index is 12.6. The van der Waals surface area contributed by atoms with E-state index >= 15 is 0 Å². The quantitative estimate of drug-likeness (QED) is 0.581. The van der Waals surface area contributed by atoms with Crippen molar-refractivity contribution >= 4 is 40.7 Å². The van der Waals surface area contributed by atoms with E-state index in [1.165, 1.54) is 35.4 Å². The molecule has 1 fully saturated rings. The monoisotopic (exact) mass is 398 g/mol. The van der Waals surface area contributed by atoms with Gasteiger partial charge in [0.05, 0.1) is 24.3 Å². The molecule has 1 amide bonds. The van der Waals surface area contributed by atoms with Crippen LogP contribution in [0.3, 0.4) is 0 Å². The Morgan fingerprint density at radius 3 is 2.54 bits per heavy atom. The number of carboxylic acid groups (broad SMARTS) is 1. The van der Waals surface area contributed by atoms with E-state index in [0.717, 1.165) is 17.3 Å². The molecule has 2 aromatic carbocycles. The highest BCUT2D eigenvalue weighted by atomic mass is 32.2. The van der Waals surface area contributed by atoms with Crippen molar-refractivity contribution in [3.8, 4) is 11.5 Å². The molecule has 0 aliphatic carbocycles. The van der Waals surface area contributed by atoms with Gasteiger partial charge in [0.1, 0.15) is 11.5 Å². The molecular formula is C19H16N3O5S-. The third kappa shape index (κ3) is 4.49. The number of carboxylic acids is 1. The number of nitrogens with zero attached hydrogens (tertiary/aromatic N) is 3. The first-order chi connectivity index (χ1) is 13.5. The van der Waals surface area contributed by atoms with Gasteiger partial charge in [-0.25, -0.2) is 0 Å². The number of hydrogen-bond donors (Lipinski definition) is 1. The molecule has 28 heavy (non-hydrogen) atoms. The van der Waals surface area contributed by atoms with Gasteiger partial charge < -0.3 is 19.7 Å². The van der Waals surface area contributed by atoms with Crippen LogP contribution in [-0.4, -0.2) is 40.7 Å². The number of rotatable bonds is 6. The standard InChI is InChI=1S/C19H17N3O5S/c1-27-15-8-2-12(3-9-15)11-20-21-19-22(13-4-6-14(23)7-5-13)18(26)16(28-19)10-17(24)25/h2-9,11,16,23H,10H2,1H3,(H,24,25)/p-1/b20-11+,21-19+/t16-/m1/s1. The molecule has 0 aromatic heterocycles. The maximum absolute atomic E-state index is 12.6. The van der Waals surface area contributed by atoms with Gasteiger partial charge in [-0.3, -0.25) is 9.69 Å². The van der Waals surface area contributed by atoms with Crippen LogP contribution in [0.4, 0.5) is 5.69 Å². The second-order valence-electron chi connectivity index (χ2n) is 5.77. The molecule has 3 rings (SSSR count). The number of benzene rings is 2. The number of carbonyl (C=O) groups excluding carboxylic acids is 2. The topological polar surface area (TPSA) is 115 Å². The fourth-order valence-electron chi connectivity index (χ4n) is 2.49. The summed E-state index contributed by atoms with van der Waals surface area (Å²) in [5.74, 6) is -0.993. The Morgan fingerprint density at radius 2 is 1.93 bits per heavy atom. The van der Waals surface area contributed by atoms with Gasteiger partial charge in [0.15, 0.2) is 5.17 Å². The van der Waals surface area contributed by atoms with Gasteiger partial charge in [-0.15, -0.1) is 5.10 Å². The van der Waals surface area contributed by atoms with Crippen molar-refractivity contribution in [1.29, 1.82) is 0 Å². The van der Waals surface area contributed by atoms with Crippen LogP contribution in [-0.2, 0) is 9.59 Å². The average Bonchev–Trinajstić information content (AvgIpc) is 2.98. The third-order valence-corrected chi connectivity index (χ3v) is 4.99. The zero-order chi connectivity index (χ0) is 20.1. The Balaban J connectivity index is 1.86. The fourth-order valence-corrected chi connectivity index (χ4v) is 3.57. The summed E-state index contributed by atoms with van der Waals surface area (Å²) in [5.41, 5.74) is 1.23. The summed E-state index contributed by atoms with van der Waals surface area (Å²) in [7, 11) is 1.57. The van der Waals surface area contributed by atoms with Gasteiger partial charge in [0, 0.05) is 12.4 Å². The van der Waals surface area contributed by atoms with Crippen LogP contribution < -0.4 is 14.7 Å². The van der Waals surface area contributed by atoms with Crippen molar-refractivity contribution < 1.29 is 24.5 Å². The van der Waals surface area contributed by atoms with Gasteiger partial charge in [0.2, 0.25) is 5.91 Å². The zero-order valence-electron chi connectivity index (χ0n) is 14.8. The molecule has 2 aromatic rings. The van der Waals surface area contributed by atoms with Crippen LogP contribution in [0.25, 0.3) is 0 Å². The van der Waals surface area contributed by atoms with Crippen molar-refractivity contribution in [2.45, 2.75) is 11.7 Å². The predicted molar refractivity (Wildman–Crippen MR) is 105 cm³/mol. The molecule has 144 valence electrons. The summed E-state index contributed by atoms with van der Waals surface area (Å²) in [6.45, 7) is 0. The lowest BCUT2D eigenvalue weighted by atomic mass is 10.2. The first-order valence-electron chi connectivity index (χ1n) is 8.22. The number of phenolic OH excluding ortho intramolecular Hbond substituents is 1. The highest BCUT2D eigenvalue weighted by Crippen LogP contribution is 2.34. The predicted octanol–water partition coefficient (Wildman–Crippen LogP) is 1.38. The number of anilines is 1. The molecule has 1 aliphatic heterocycles. The van der Waals surface area contributed by atoms with E-state index in [-0.39, 0.29) is 10.9 Å². The van der Waals surface area contributed by atoms with Crippen LogP contribution in [0.15, 0.2) is 58.7 Å². The van der Waals surface area contributed by atoms with Crippen LogP contribution >= 0.6 is 11.8 Å². The summed E-state index contributed by atoms with van der Waals surface area (Å²) in [4.78, 5) is 24.9. The minimum absolute atomic E-state index is 0.0466. The van der Waals surface area contributed by atoms with Crippen LogP contribution in [0.2, 0.25) is 0 Å². The van der Waals surface area contributed by atoms with E-state index in [1.807, 2.05) is 0 Å². The SMILES string of the molecule is COc1ccc(/C=N/N=C2/S[C@H](CC(=O)[O-])C(=O)N2c2ccc(O)cc2)cc1. The molecule has 1 atom stereocenters. The number of methoxy groups -OCH3 is 1. The Morgan fingerprint density at radius 1 is 1.25 bits per heavy atom. The van der Waals surface area contributed by atoms with Gasteiger partial charge in [-0.2, -0.15) is 5.10 Å². The summed E-state index contributed by atoms with van der Waals surface area (Å²) in [6.07, 6.45) is 1.08. The first-order valence-corrected chi connectivity index (χ1v) is 9.10. The largest absolute Gasteiger partial charge is 0.550 e. The number of ether oxygens (including phenoxy) is 1. The number of amidine groups is 1. The van der Waals surface area contributed by atoms with Crippen molar-refractivity contribution in [3.63, 3.8) is 0 Å². The van der Waals surface area contributed by atoms with Crippen LogP contribution in [0.1, 0.15) is 12.0 Å². The van der Waals surface area contributed by atoms with E-state index in [0.29, 0.717) is 11.4 Å². The lowest BCUT2D eigenvalue weighted by Crippen LogP contribution is -2.35. The molecule has 0 radical (unpaired) electrons. The Kier molecular flexibility index (Phi) is 5.95. The number of aliphatic carboxylic acids is 1. The molecule has 1 N–H and O–H groups in total. The fraction of sp³-hybridized carbons (Fsp3) is 0.158. The van der Waals surface area contributed by atoms with Crippen LogP contribution in [0.5, 0.6) is 11.5 Å². The molecule has 9 heteroatoms. The number of aromatic hydroxyl groups is 1. The Hall–Kier alpha value is -3.33. The lowest BCUT2D eigenvalue weighted by Gasteiger charge is -2.16. The van der Waals surface area contributed by atoms with Crippen molar-refractivity contribution in [2.75, 3.05) is 12.0 Å². The molecule has 1 heterocycles. The number of amides is 1. The highest BCUT2D eigenvalue weighted by molar-refractivity contribution is 8.16. The molecule has 0 spiro atoms. The van der Waals surface area contributed by atoms with E-state index in [4.69, 9.17) is 4.74 Å². The average molecular weight is 398 g/mol. The summed E-state index contributed by atoms with van der Waals surface area (Å²) in [6, 6.07) is 13.1. The zero-order valence-corrected chi connectivity index (χ0v) is 15.6. The second kappa shape index (κ2) is 8.57. The number of hydrogen-bond acceptors (Lipinski definition) is 8. The molecule has 0 saturated carbocycles. The number of carbonyl (C=O) groups is 2. The smallest absolute Gasteiger partial charge is 0.247 e. The maximum Gasteiger partial charge on any atom is 0.247 e. The van der Waals surface area contributed by atoms with Gasteiger partial charge >= 0.3 is 0 Å². The second-order valence-corrected chi connectivity index (χ2v) is 6.94. The van der Waals surface area contributed by atoms with Gasteiger partial charge in [-0.05, 0) is 54.1 Å². The number of thioether (sulfide) groups is 1. The van der Waals surface area contributed by atoms with E-state index < -0.39 is 23.5 Å². The van der Waals surface area contributed by atoms with Crippen molar-refractivity contribution in [3.05, 3.63) is 54.1 Å². The van der Waals surface area contributed by atoms with E-state index in [1.54, 1.807) is 31.4 Å². The Labute approximate surface area is 165 Å². The van der Waals surface area contributed by atoms with Crippen LogP contribution in [0, 0.1) is 0 Å². The molecule has 1 saturated heterocycles. The minimum Gasteiger partial charge on any atom is -0.550 e. The molecule has 0 bridgehead atoms. The van der Waals surface area contributed by atoms with Gasteiger partial charge in [-0.1, -0.05) is 11.8 Å². The first kappa shape index (κ1) is 19.4. The highest BCUT2D eigenvalue weighted by Gasteiger charge is 2.39. The third-order valence-electron chi connectivity index (χ3n) is 3.86. The molecule has 1 aliphatic rings. The number of phenols is 1.